The van der Waals surface area contributed by atoms with Gasteiger partial charge in [-0.2, -0.15) is 0 Å². The third-order valence-corrected chi connectivity index (χ3v) is 5.03. The molecule has 1 aromatic carbocycles. The molecule has 2 heterocycles. The summed E-state index contributed by atoms with van der Waals surface area (Å²) in [5.41, 5.74) is 1.39. The summed E-state index contributed by atoms with van der Waals surface area (Å²) in [7, 11) is 0. The molecule has 0 bridgehead atoms. The van der Waals surface area contributed by atoms with Crippen molar-refractivity contribution in [3.05, 3.63) is 40.6 Å². The predicted octanol–water partition coefficient (Wildman–Crippen LogP) is 4.13. The van der Waals surface area contributed by atoms with Crippen LogP contribution >= 0.6 is 11.8 Å². The normalized spacial score (nSPS) is 15.8. The third kappa shape index (κ3) is 3.85. The molecule has 4 nitrogen and oxygen atoms in total. The largest absolute Gasteiger partial charge is 0.488 e. The van der Waals surface area contributed by atoms with Gasteiger partial charge in [0.15, 0.2) is 0 Å². The van der Waals surface area contributed by atoms with Gasteiger partial charge in [-0.1, -0.05) is 0 Å². The number of hydrogen-bond acceptors (Lipinski definition) is 5. The fourth-order valence-electron chi connectivity index (χ4n) is 2.70. The van der Waals surface area contributed by atoms with Crippen LogP contribution in [0.15, 0.2) is 39.3 Å². The molecule has 3 rings (SSSR count). The first-order chi connectivity index (χ1) is 10.8. The molecule has 23 heavy (non-hydrogen) atoms. The van der Waals surface area contributed by atoms with E-state index in [2.05, 4.69) is 11.8 Å². The minimum absolute atomic E-state index is 0.557. The molecule has 1 aliphatic rings. The molecule has 0 radical (unpaired) electrons. The molecule has 0 aliphatic carbocycles. The van der Waals surface area contributed by atoms with Gasteiger partial charge in [0.1, 0.15) is 23.7 Å². The number of β-amino-alcohol motifs (C(OH)–C–C–N with tert-alkyl or cyclic N) is 1. The number of allylic oxidation sites excluding steroid dienone is 1. The Bertz CT molecular complexity index is 742. The van der Waals surface area contributed by atoms with E-state index >= 15 is 0 Å². The fraction of sp³-hybridized carbons (Fsp3) is 0.444. The Kier molecular flexibility index (Phi) is 4.34. The summed E-state index contributed by atoms with van der Waals surface area (Å²) in [6, 6.07) is 7.91. The maximum Gasteiger partial charge on any atom is 0.134 e. The van der Waals surface area contributed by atoms with Crippen LogP contribution in [0.3, 0.4) is 0 Å². The fourth-order valence-corrected chi connectivity index (χ4v) is 3.78. The molecule has 5 heteroatoms. The number of aliphatic hydroxyl groups is 1. The second kappa shape index (κ2) is 6.13. The van der Waals surface area contributed by atoms with E-state index < -0.39 is 5.60 Å². The zero-order chi connectivity index (χ0) is 16.6. The first-order valence-electron chi connectivity index (χ1n) is 7.75. The van der Waals surface area contributed by atoms with Crippen LogP contribution in [0, 0.1) is 6.92 Å². The van der Waals surface area contributed by atoms with E-state index in [9.17, 15) is 5.11 Å². The number of thioether (sulfide) groups is 1. The van der Waals surface area contributed by atoms with Crippen molar-refractivity contribution in [1.82, 2.24) is 4.90 Å². The number of nitrogens with zero attached hydrogens (tertiary/aromatic N) is 1. The molecule has 0 atom stereocenters. The lowest BCUT2D eigenvalue weighted by atomic mass is 10.1. The van der Waals surface area contributed by atoms with E-state index in [0.29, 0.717) is 13.2 Å². The van der Waals surface area contributed by atoms with Crippen LogP contribution in [-0.4, -0.2) is 34.6 Å². The van der Waals surface area contributed by atoms with E-state index in [1.165, 1.54) is 10.6 Å². The summed E-state index contributed by atoms with van der Waals surface area (Å²) < 4.78 is 11.5. The van der Waals surface area contributed by atoms with Crippen molar-refractivity contribution in [3.63, 3.8) is 0 Å². The van der Waals surface area contributed by atoms with Crippen LogP contribution in [-0.2, 0) is 0 Å². The molecule has 0 saturated heterocycles. The van der Waals surface area contributed by atoms with E-state index in [0.717, 1.165) is 28.4 Å². The van der Waals surface area contributed by atoms with Crippen LogP contribution in [0.25, 0.3) is 11.0 Å². The Morgan fingerprint density at radius 2 is 2.09 bits per heavy atom. The lowest BCUT2D eigenvalue weighted by molar-refractivity contribution is 0.0526. The minimum Gasteiger partial charge on any atom is -0.488 e. The van der Waals surface area contributed by atoms with Gasteiger partial charge in [0, 0.05) is 22.5 Å². The number of furan rings is 1. The van der Waals surface area contributed by atoms with Crippen molar-refractivity contribution in [2.45, 2.75) is 33.3 Å². The second-order valence-electron chi connectivity index (χ2n) is 6.64. The van der Waals surface area contributed by atoms with Gasteiger partial charge in [-0.3, -0.25) is 0 Å². The number of aryl methyl sites for hydroxylation is 1. The average molecular weight is 333 g/mol. The van der Waals surface area contributed by atoms with Gasteiger partial charge >= 0.3 is 0 Å². The topological polar surface area (TPSA) is 45.8 Å². The Labute approximate surface area is 141 Å². The van der Waals surface area contributed by atoms with Crippen LogP contribution in [0.2, 0.25) is 0 Å². The van der Waals surface area contributed by atoms with E-state index in [-0.39, 0.29) is 0 Å². The lowest BCUT2D eigenvalue weighted by Crippen LogP contribution is -2.36. The number of fused-ring (bicyclic) bond motifs is 1. The van der Waals surface area contributed by atoms with Crippen molar-refractivity contribution < 1.29 is 14.3 Å². The molecular weight excluding hydrogens is 310 g/mol. The van der Waals surface area contributed by atoms with E-state index in [1.807, 2.05) is 45.0 Å². The Morgan fingerprint density at radius 3 is 2.83 bits per heavy atom. The van der Waals surface area contributed by atoms with Gasteiger partial charge in [-0.15, -0.1) is 11.8 Å². The summed E-state index contributed by atoms with van der Waals surface area (Å²) in [5, 5.41) is 11.0. The third-order valence-electron chi connectivity index (χ3n) is 3.83. The van der Waals surface area contributed by atoms with Crippen molar-refractivity contribution in [3.8, 4) is 5.75 Å². The summed E-state index contributed by atoms with van der Waals surface area (Å²) in [6.45, 7) is 8.90. The first kappa shape index (κ1) is 16.3. The van der Waals surface area contributed by atoms with Crippen molar-refractivity contribution >= 4 is 22.7 Å². The Balaban J connectivity index is 1.67. The molecule has 0 amide bonds. The summed E-state index contributed by atoms with van der Waals surface area (Å²) in [6.07, 6.45) is 0. The van der Waals surface area contributed by atoms with Gasteiger partial charge < -0.3 is 19.2 Å². The summed E-state index contributed by atoms with van der Waals surface area (Å²) in [5.74, 6) is 2.62. The van der Waals surface area contributed by atoms with Gasteiger partial charge in [0.05, 0.1) is 11.5 Å². The van der Waals surface area contributed by atoms with Gasteiger partial charge in [-0.05, 0) is 52.0 Å². The predicted molar refractivity (Wildman–Crippen MR) is 94.6 cm³/mol. The summed E-state index contributed by atoms with van der Waals surface area (Å²) >= 11 is 1.78. The molecule has 1 N–H and O–H groups in total. The highest BCUT2D eigenvalue weighted by Gasteiger charge is 2.25. The molecule has 0 fully saturated rings. The maximum absolute atomic E-state index is 9.98. The highest BCUT2D eigenvalue weighted by molar-refractivity contribution is 8.03. The Hall–Kier alpha value is -1.59. The molecule has 1 aromatic heterocycles. The van der Waals surface area contributed by atoms with E-state index in [4.69, 9.17) is 9.15 Å². The van der Waals surface area contributed by atoms with Crippen molar-refractivity contribution in [1.29, 1.82) is 0 Å². The Morgan fingerprint density at radius 1 is 1.30 bits per heavy atom. The number of benzene rings is 1. The molecule has 2 aromatic rings. The quantitative estimate of drug-likeness (QED) is 0.891. The van der Waals surface area contributed by atoms with Crippen LogP contribution in [0.5, 0.6) is 5.75 Å². The molecule has 0 saturated carbocycles. The van der Waals surface area contributed by atoms with Gasteiger partial charge in [-0.25, -0.2) is 0 Å². The SMILES string of the molecule is CC1=C(COc2ccc3oc(C)cc3c2)SCN1CC(C)(C)O. The van der Waals surface area contributed by atoms with Gasteiger partial charge in [0.25, 0.3) is 0 Å². The van der Waals surface area contributed by atoms with Crippen molar-refractivity contribution in [2.24, 2.45) is 0 Å². The molecular formula is C18H23NO3S. The number of rotatable bonds is 5. The highest BCUT2D eigenvalue weighted by atomic mass is 32.2. The van der Waals surface area contributed by atoms with Crippen molar-refractivity contribution in [2.75, 3.05) is 19.0 Å². The zero-order valence-corrected chi connectivity index (χ0v) is 14.9. The monoisotopic (exact) mass is 333 g/mol. The molecule has 0 unspecified atom stereocenters. The second-order valence-corrected chi connectivity index (χ2v) is 7.68. The van der Waals surface area contributed by atoms with Crippen LogP contribution in [0.4, 0.5) is 0 Å². The zero-order valence-electron chi connectivity index (χ0n) is 14.0. The minimum atomic E-state index is -0.692. The first-order valence-corrected chi connectivity index (χ1v) is 8.73. The summed E-state index contributed by atoms with van der Waals surface area (Å²) in [4.78, 5) is 3.42. The molecule has 0 spiro atoms. The maximum atomic E-state index is 9.98. The van der Waals surface area contributed by atoms with Crippen LogP contribution < -0.4 is 4.74 Å². The van der Waals surface area contributed by atoms with Crippen LogP contribution in [0.1, 0.15) is 26.5 Å². The molecule has 1 aliphatic heterocycles. The lowest BCUT2D eigenvalue weighted by Gasteiger charge is -2.27. The molecule has 124 valence electrons. The smallest absolute Gasteiger partial charge is 0.134 e. The number of ether oxygens (including phenoxy) is 1. The van der Waals surface area contributed by atoms with Gasteiger partial charge in [0.2, 0.25) is 0 Å². The highest BCUT2D eigenvalue weighted by Crippen LogP contribution is 2.33. The standard InChI is InChI=1S/C18H23NO3S/c1-12-7-14-8-15(5-6-16(14)22-12)21-9-17-13(2)19(11-23-17)10-18(3,4)20/h5-8,20H,9-11H2,1-4H3. The average Bonchev–Trinajstić information content (AvgIpc) is 2.98. The number of hydrogen-bond donors (Lipinski definition) is 1. The van der Waals surface area contributed by atoms with E-state index in [1.54, 1.807) is 11.8 Å².